The molecule has 0 atom stereocenters. The van der Waals surface area contributed by atoms with E-state index in [4.69, 9.17) is 16.3 Å². The van der Waals surface area contributed by atoms with Gasteiger partial charge in [0.15, 0.2) is 0 Å². The van der Waals surface area contributed by atoms with Crippen molar-refractivity contribution in [3.8, 4) is 5.75 Å². The molecular weight excluding hydrogens is 290 g/mol. The van der Waals surface area contributed by atoms with Crippen LogP contribution < -0.4 is 4.74 Å². The zero-order chi connectivity index (χ0) is 14.4. The first-order chi connectivity index (χ1) is 8.84. The van der Waals surface area contributed by atoms with E-state index >= 15 is 0 Å². The summed E-state index contributed by atoms with van der Waals surface area (Å²) in [5.41, 5.74) is 0.854. The van der Waals surface area contributed by atoms with Crippen LogP contribution in [0.25, 0.3) is 0 Å². The number of halogens is 1. The Hall–Kier alpha value is -1.27. The molecule has 1 aliphatic rings. The monoisotopic (exact) mass is 303 g/mol. The van der Waals surface area contributed by atoms with Gasteiger partial charge < -0.3 is 4.74 Å². The van der Waals surface area contributed by atoms with Crippen LogP contribution >= 0.6 is 11.6 Å². The fraction of sp³-hybridized carbons (Fsp3) is 0.417. The van der Waals surface area contributed by atoms with Crippen LogP contribution in [0.5, 0.6) is 5.75 Å². The summed E-state index contributed by atoms with van der Waals surface area (Å²) in [6.07, 6.45) is 0. The Morgan fingerprint density at radius 3 is 2.47 bits per heavy atom. The topological polar surface area (TPSA) is 63.7 Å². The number of hydrogen-bond acceptors (Lipinski definition) is 4. The van der Waals surface area contributed by atoms with E-state index in [0.29, 0.717) is 15.6 Å². The third-order valence-electron chi connectivity index (χ3n) is 3.08. The minimum Gasteiger partial charge on any atom is -0.497 e. The minimum absolute atomic E-state index is 0.00160. The summed E-state index contributed by atoms with van der Waals surface area (Å²) in [6.45, 7) is 3.77. The number of hydrogen-bond donors (Lipinski definition) is 0. The van der Waals surface area contributed by atoms with Crippen molar-refractivity contribution in [1.82, 2.24) is 4.31 Å². The Balaban J connectivity index is 2.81. The van der Waals surface area contributed by atoms with Crippen molar-refractivity contribution in [2.75, 3.05) is 13.1 Å². The largest absolute Gasteiger partial charge is 0.497 e. The molecular formula is C12H14ClNO4S. The fourth-order valence-electron chi connectivity index (χ4n) is 2.09. The van der Waals surface area contributed by atoms with Gasteiger partial charge >= 0.3 is 0 Å². The molecule has 1 aromatic carbocycles. The summed E-state index contributed by atoms with van der Waals surface area (Å²) in [5.74, 6) is -0.162. The van der Waals surface area contributed by atoms with Gasteiger partial charge in [0, 0.05) is 6.07 Å². The van der Waals surface area contributed by atoms with Gasteiger partial charge in [0.05, 0.1) is 12.7 Å². The number of nitrogens with zero attached hydrogens (tertiary/aromatic N) is 1. The van der Waals surface area contributed by atoms with Gasteiger partial charge in [-0.3, -0.25) is 4.79 Å². The summed E-state index contributed by atoms with van der Waals surface area (Å²) in [5, 5.41) is 0. The van der Waals surface area contributed by atoms with Crippen LogP contribution in [0.4, 0.5) is 0 Å². The van der Waals surface area contributed by atoms with E-state index in [1.807, 2.05) is 13.8 Å². The first-order valence-corrected chi connectivity index (χ1v) is 7.67. The molecule has 0 saturated heterocycles. The predicted molar refractivity (Wildman–Crippen MR) is 71.2 cm³/mol. The number of carbonyl (C=O) groups excluding carboxylic acids is 1. The van der Waals surface area contributed by atoms with Crippen LogP contribution in [0.1, 0.15) is 35.7 Å². The van der Waals surface area contributed by atoms with E-state index in [9.17, 15) is 13.2 Å². The molecule has 2 rings (SSSR count). The Bertz CT molecular complexity index is 639. The van der Waals surface area contributed by atoms with Gasteiger partial charge in [0.2, 0.25) is 0 Å². The van der Waals surface area contributed by atoms with Gasteiger partial charge in [0.25, 0.3) is 15.9 Å². The molecule has 0 N–H and O–H groups in total. The van der Waals surface area contributed by atoms with E-state index < -0.39 is 21.9 Å². The third-order valence-corrected chi connectivity index (χ3v) is 5.21. The van der Waals surface area contributed by atoms with Gasteiger partial charge in [-0.25, -0.2) is 12.7 Å². The maximum atomic E-state index is 12.2. The second kappa shape index (κ2) is 4.68. The van der Waals surface area contributed by atoms with E-state index in [1.165, 1.54) is 13.2 Å². The van der Waals surface area contributed by atoms with Gasteiger partial charge in [-0.05, 0) is 17.5 Å². The van der Waals surface area contributed by atoms with Crippen molar-refractivity contribution >= 4 is 27.5 Å². The van der Waals surface area contributed by atoms with E-state index in [2.05, 4.69) is 0 Å². The first-order valence-electron chi connectivity index (χ1n) is 5.69. The second-order valence-corrected chi connectivity index (χ2v) is 6.59. The average Bonchev–Trinajstić information content (AvgIpc) is 2.55. The third kappa shape index (κ3) is 1.99. The summed E-state index contributed by atoms with van der Waals surface area (Å²) >= 11 is 5.58. The number of methoxy groups -OCH3 is 1. The summed E-state index contributed by atoms with van der Waals surface area (Å²) in [6, 6.07) is 2.66. The molecule has 19 heavy (non-hydrogen) atoms. The number of benzene rings is 1. The van der Waals surface area contributed by atoms with E-state index in [-0.39, 0.29) is 16.4 Å². The van der Waals surface area contributed by atoms with Gasteiger partial charge in [0.1, 0.15) is 16.6 Å². The SMILES string of the molecule is COc1cc(C(C)C)c2c(c1)S(=O)(=O)N(CCl)C2=O. The van der Waals surface area contributed by atoms with Crippen LogP contribution in [0.15, 0.2) is 17.0 Å². The van der Waals surface area contributed by atoms with E-state index in [1.54, 1.807) is 6.07 Å². The molecule has 0 bridgehead atoms. The molecule has 1 amide bonds. The highest BCUT2D eigenvalue weighted by Gasteiger charge is 2.43. The van der Waals surface area contributed by atoms with Crippen molar-refractivity contribution in [2.24, 2.45) is 0 Å². The summed E-state index contributed by atoms with van der Waals surface area (Å²) in [4.78, 5) is 12.2. The lowest BCUT2D eigenvalue weighted by Crippen LogP contribution is -2.28. The molecule has 1 heterocycles. The zero-order valence-electron chi connectivity index (χ0n) is 10.8. The lowest BCUT2D eigenvalue weighted by atomic mass is 9.96. The molecule has 0 fully saturated rings. The van der Waals surface area contributed by atoms with Crippen LogP contribution in [0.3, 0.4) is 0 Å². The van der Waals surface area contributed by atoms with E-state index in [0.717, 1.165) is 0 Å². The molecule has 1 aliphatic heterocycles. The molecule has 7 heteroatoms. The molecule has 104 valence electrons. The van der Waals surface area contributed by atoms with Crippen molar-refractivity contribution in [2.45, 2.75) is 24.7 Å². The smallest absolute Gasteiger partial charge is 0.270 e. The van der Waals surface area contributed by atoms with Gasteiger partial charge in [-0.15, -0.1) is 11.6 Å². The second-order valence-electron chi connectivity index (χ2n) is 4.52. The van der Waals surface area contributed by atoms with Crippen LogP contribution in [-0.4, -0.2) is 31.7 Å². The van der Waals surface area contributed by atoms with Gasteiger partial charge in [-0.1, -0.05) is 13.8 Å². The number of rotatable bonds is 3. The van der Waals surface area contributed by atoms with Crippen molar-refractivity contribution in [3.63, 3.8) is 0 Å². The normalized spacial score (nSPS) is 16.9. The predicted octanol–water partition coefficient (Wildman–Crippen LogP) is 2.16. The number of sulfonamides is 1. The zero-order valence-corrected chi connectivity index (χ0v) is 12.4. The van der Waals surface area contributed by atoms with Crippen LogP contribution in [-0.2, 0) is 10.0 Å². The molecule has 0 saturated carbocycles. The molecule has 1 aromatic rings. The average molecular weight is 304 g/mol. The molecule has 0 spiro atoms. The maximum Gasteiger partial charge on any atom is 0.270 e. The number of fused-ring (bicyclic) bond motifs is 1. The maximum absolute atomic E-state index is 12.2. The number of ether oxygens (including phenoxy) is 1. The highest BCUT2D eigenvalue weighted by molar-refractivity contribution is 7.90. The standard InChI is InChI=1S/C12H14ClNO4S/c1-7(2)9-4-8(18-3)5-10-11(9)12(15)14(6-13)19(10,16)17/h4-5,7H,6H2,1-3H3. The van der Waals surface area contributed by atoms with Gasteiger partial charge in [-0.2, -0.15) is 0 Å². The van der Waals surface area contributed by atoms with Crippen LogP contribution in [0, 0.1) is 0 Å². The van der Waals surface area contributed by atoms with Crippen molar-refractivity contribution in [1.29, 1.82) is 0 Å². The number of alkyl halides is 1. The molecule has 0 radical (unpaired) electrons. The molecule has 0 aliphatic carbocycles. The summed E-state index contributed by atoms with van der Waals surface area (Å²) < 4.78 is 30.2. The highest BCUT2D eigenvalue weighted by Crippen LogP contribution is 2.38. The van der Waals surface area contributed by atoms with Crippen molar-refractivity contribution in [3.05, 3.63) is 23.3 Å². The van der Waals surface area contributed by atoms with Crippen molar-refractivity contribution < 1.29 is 17.9 Å². The fourth-order valence-corrected chi connectivity index (χ4v) is 3.99. The first kappa shape index (κ1) is 14.1. The number of carbonyl (C=O) groups is 1. The molecule has 5 nitrogen and oxygen atoms in total. The lowest BCUT2D eigenvalue weighted by Gasteiger charge is -2.11. The summed E-state index contributed by atoms with van der Waals surface area (Å²) in [7, 11) is -2.41. The lowest BCUT2D eigenvalue weighted by molar-refractivity contribution is 0.0884. The Morgan fingerprint density at radius 2 is 2.00 bits per heavy atom. The number of amides is 1. The van der Waals surface area contributed by atoms with Crippen LogP contribution in [0.2, 0.25) is 0 Å². The minimum atomic E-state index is -3.86. The quantitative estimate of drug-likeness (QED) is 0.634. The molecule has 0 unspecified atom stereocenters. The Kier molecular flexibility index (Phi) is 3.49. The highest BCUT2D eigenvalue weighted by atomic mass is 35.5. The Labute approximate surface area is 117 Å². The molecule has 0 aromatic heterocycles. The Morgan fingerprint density at radius 1 is 1.37 bits per heavy atom.